The number of rotatable bonds is 7. The highest BCUT2D eigenvalue weighted by Crippen LogP contribution is 2.26. The fourth-order valence-corrected chi connectivity index (χ4v) is 4.62. The number of hydrogen-bond donors (Lipinski definition) is 0. The van der Waals surface area contributed by atoms with E-state index in [1.807, 2.05) is 35.2 Å². The Morgan fingerprint density at radius 1 is 0.933 bits per heavy atom. The highest BCUT2D eigenvalue weighted by molar-refractivity contribution is 6.01. The maximum absolute atomic E-state index is 12.6. The molecule has 5 heteroatoms. The Kier molecular flexibility index (Phi) is 8.06. The molecular weight excluding hydrogens is 396 g/mol. The number of carbonyl (C=O) groups is 2. The number of piperidine rings is 1. The van der Waals surface area contributed by atoms with Crippen molar-refractivity contribution >= 4 is 24.1 Å². The van der Waals surface area contributed by atoms with E-state index < -0.39 is 0 Å². The van der Waals surface area contributed by atoms with Crippen LogP contribution in [0.4, 0.5) is 0 Å². The number of hydrogen-bond acceptors (Lipinski definition) is 3. The number of ketones is 1. The van der Waals surface area contributed by atoms with E-state index >= 15 is 0 Å². The number of amides is 1. The lowest BCUT2D eigenvalue weighted by Gasteiger charge is -2.32. The van der Waals surface area contributed by atoms with Gasteiger partial charge in [-0.25, -0.2) is 0 Å². The monoisotopic (exact) mass is 426 g/mol. The Morgan fingerprint density at radius 3 is 2.23 bits per heavy atom. The molecule has 160 valence electrons. The molecule has 2 fully saturated rings. The van der Waals surface area contributed by atoms with Gasteiger partial charge in [0, 0.05) is 37.5 Å². The molecule has 2 saturated heterocycles. The van der Waals surface area contributed by atoms with Crippen LogP contribution < -0.4 is 0 Å². The quantitative estimate of drug-likeness (QED) is 0.614. The first-order chi connectivity index (χ1) is 14.2. The third-order valence-electron chi connectivity index (χ3n) is 6.41. The lowest BCUT2D eigenvalue weighted by Crippen LogP contribution is -2.35. The van der Waals surface area contributed by atoms with Gasteiger partial charge in [0.25, 0.3) is 0 Å². The molecule has 0 aliphatic carbocycles. The first kappa shape index (κ1) is 22.5. The topological polar surface area (TPSA) is 40.6 Å². The molecule has 1 atom stereocenters. The second-order valence-corrected chi connectivity index (χ2v) is 8.46. The van der Waals surface area contributed by atoms with Gasteiger partial charge >= 0.3 is 0 Å². The average molecular weight is 427 g/mol. The molecular formula is C25H31ClN2O2. The van der Waals surface area contributed by atoms with E-state index in [0.29, 0.717) is 18.9 Å². The Bertz CT molecular complexity index is 820. The third kappa shape index (κ3) is 5.71. The van der Waals surface area contributed by atoms with Crippen molar-refractivity contribution in [3.63, 3.8) is 0 Å². The van der Waals surface area contributed by atoms with E-state index in [2.05, 4.69) is 35.2 Å². The zero-order chi connectivity index (χ0) is 20.1. The van der Waals surface area contributed by atoms with E-state index in [1.165, 1.54) is 18.4 Å². The van der Waals surface area contributed by atoms with Crippen LogP contribution in [0.2, 0.25) is 0 Å². The first-order valence-electron chi connectivity index (χ1n) is 10.8. The Morgan fingerprint density at radius 2 is 1.57 bits per heavy atom. The van der Waals surface area contributed by atoms with Crippen molar-refractivity contribution in [3.8, 4) is 0 Å². The van der Waals surface area contributed by atoms with Crippen LogP contribution in [0, 0.1) is 11.8 Å². The molecule has 2 aliphatic rings. The molecule has 0 aromatic heterocycles. The van der Waals surface area contributed by atoms with Crippen LogP contribution in [-0.2, 0) is 11.3 Å². The Hall–Kier alpha value is -2.17. The Labute approximate surface area is 185 Å². The van der Waals surface area contributed by atoms with Crippen molar-refractivity contribution in [1.29, 1.82) is 0 Å². The van der Waals surface area contributed by atoms with Crippen LogP contribution in [0.3, 0.4) is 0 Å². The van der Waals surface area contributed by atoms with E-state index in [-0.39, 0.29) is 30.0 Å². The fraction of sp³-hybridized carbons (Fsp3) is 0.440. The molecule has 2 aromatic rings. The molecule has 30 heavy (non-hydrogen) atoms. The molecule has 0 saturated carbocycles. The molecule has 4 rings (SSSR count). The van der Waals surface area contributed by atoms with Gasteiger partial charge in [-0.1, -0.05) is 60.7 Å². The van der Waals surface area contributed by atoms with Crippen molar-refractivity contribution in [2.45, 2.75) is 32.2 Å². The molecule has 2 aliphatic heterocycles. The van der Waals surface area contributed by atoms with Gasteiger partial charge in [0.2, 0.25) is 5.91 Å². The summed E-state index contributed by atoms with van der Waals surface area (Å²) in [5.41, 5.74) is 2.10. The molecule has 0 bridgehead atoms. The van der Waals surface area contributed by atoms with E-state index in [0.717, 1.165) is 38.2 Å². The molecule has 1 unspecified atom stereocenters. The largest absolute Gasteiger partial charge is 0.342 e. The minimum atomic E-state index is -0.183. The molecule has 0 radical (unpaired) electrons. The maximum Gasteiger partial charge on any atom is 0.223 e. The van der Waals surface area contributed by atoms with Gasteiger partial charge in [-0.3, -0.25) is 14.5 Å². The van der Waals surface area contributed by atoms with Crippen LogP contribution in [-0.4, -0.2) is 47.7 Å². The van der Waals surface area contributed by atoms with Gasteiger partial charge < -0.3 is 4.90 Å². The number of carbonyl (C=O) groups excluding carboxylic acids is 2. The average Bonchev–Trinajstić information content (AvgIpc) is 3.14. The molecule has 4 nitrogen and oxygen atoms in total. The van der Waals surface area contributed by atoms with E-state index in [1.54, 1.807) is 0 Å². The molecule has 0 N–H and O–H groups in total. The number of likely N-dealkylation sites (tertiary alicyclic amines) is 2. The standard InChI is InChI=1S/C25H30N2O2.ClH/c28-24-17-23(25(29)22-9-5-2-6-10-22)19-27(24)16-13-20-11-14-26(15-12-20)18-21-7-3-1-4-8-21;/h1-10,20,23H,11-19H2;1H. The van der Waals surface area contributed by atoms with Crippen LogP contribution >= 0.6 is 12.4 Å². The fourth-order valence-electron chi connectivity index (χ4n) is 4.62. The summed E-state index contributed by atoms with van der Waals surface area (Å²) in [6, 6.07) is 20.0. The van der Waals surface area contributed by atoms with Crippen molar-refractivity contribution < 1.29 is 9.59 Å². The van der Waals surface area contributed by atoms with Crippen molar-refractivity contribution in [1.82, 2.24) is 9.80 Å². The predicted molar refractivity (Wildman–Crippen MR) is 122 cm³/mol. The predicted octanol–water partition coefficient (Wildman–Crippen LogP) is 4.44. The zero-order valence-corrected chi connectivity index (χ0v) is 18.2. The summed E-state index contributed by atoms with van der Waals surface area (Å²) < 4.78 is 0. The van der Waals surface area contributed by atoms with E-state index in [9.17, 15) is 9.59 Å². The lowest BCUT2D eigenvalue weighted by molar-refractivity contribution is -0.127. The molecule has 2 heterocycles. The van der Waals surface area contributed by atoms with Gasteiger partial charge in [-0.05, 0) is 43.8 Å². The SMILES string of the molecule is Cl.O=C(c1ccccc1)C1CC(=O)N(CCC2CCN(Cc3ccccc3)CC2)C1. The second-order valence-electron chi connectivity index (χ2n) is 8.46. The minimum Gasteiger partial charge on any atom is -0.342 e. The summed E-state index contributed by atoms with van der Waals surface area (Å²) in [4.78, 5) is 29.5. The summed E-state index contributed by atoms with van der Waals surface area (Å²) >= 11 is 0. The number of nitrogens with zero attached hydrogens (tertiary/aromatic N) is 2. The Balaban J connectivity index is 0.00000256. The summed E-state index contributed by atoms with van der Waals surface area (Å²) in [6.07, 6.45) is 3.81. The van der Waals surface area contributed by atoms with Crippen LogP contribution in [0.5, 0.6) is 0 Å². The summed E-state index contributed by atoms with van der Waals surface area (Å²) in [7, 11) is 0. The first-order valence-corrected chi connectivity index (χ1v) is 10.8. The smallest absolute Gasteiger partial charge is 0.223 e. The summed E-state index contributed by atoms with van der Waals surface area (Å²) in [5.74, 6) is 0.743. The van der Waals surface area contributed by atoms with Crippen LogP contribution in [0.1, 0.15) is 41.6 Å². The zero-order valence-electron chi connectivity index (χ0n) is 17.4. The number of benzene rings is 2. The number of halogens is 1. The molecule has 1 amide bonds. The van der Waals surface area contributed by atoms with Crippen LogP contribution in [0.15, 0.2) is 60.7 Å². The van der Waals surface area contributed by atoms with Gasteiger partial charge in [-0.15, -0.1) is 12.4 Å². The van der Waals surface area contributed by atoms with Crippen molar-refractivity contribution in [3.05, 3.63) is 71.8 Å². The number of Topliss-reactive ketones (excluding diaryl/α,β-unsaturated/α-hetero) is 1. The second kappa shape index (κ2) is 10.7. The summed E-state index contributed by atoms with van der Waals surface area (Å²) in [5, 5.41) is 0. The van der Waals surface area contributed by atoms with Crippen molar-refractivity contribution in [2.24, 2.45) is 11.8 Å². The third-order valence-corrected chi connectivity index (χ3v) is 6.41. The maximum atomic E-state index is 12.6. The highest BCUT2D eigenvalue weighted by Gasteiger charge is 2.34. The van der Waals surface area contributed by atoms with Gasteiger partial charge in [0.05, 0.1) is 0 Å². The van der Waals surface area contributed by atoms with Gasteiger partial charge in [0.15, 0.2) is 5.78 Å². The van der Waals surface area contributed by atoms with E-state index in [4.69, 9.17) is 0 Å². The highest BCUT2D eigenvalue weighted by atomic mass is 35.5. The van der Waals surface area contributed by atoms with Crippen LogP contribution in [0.25, 0.3) is 0 Å². The molecule has 0 spiro atoms. The lowest BCUT2D eigenvalue weighted by atomic mass is 9.93. The minimum absolute atomic E-state index is 0. The van der Waals surface area contributed by atoms with Gasteiger partial charge in [-0.2, -0.15) is 0 Å². The summed E-state index contributed by atoms with van der Waals surface area (Å²) in [6.45, 7) is 4.66. The van der Waals surface area contributed by atoms with Gasteiger partial charge in [0.1, 0.15) is 0 Å². The normalized spacial score (nSPS) is 20.2. The molecule has 2 aromatic carbocycles. The van der Waals surface area contributed by atoms with Crippen molar-refractivity contribution in [2.75, 3.05) is 26.2 Å².